The number of methoxy groups -OCH3 is 1. The average Bonchev–Trinajstić information content (AvgIpc) is 3.07. The summed E-state index contributed by atoms with van der Waals surface area (Å²) in [6, 6.07) is 6.07. The van der Waals surface area contributed by atoms with E-state index in [4.69, 9.17) is 17.0 Å². The van der Waals surface area contributed by atoms with Crippen molar-refractivity contribution in [3.63, 3.8) is 0 Å². The summed E-state index contributed by atoms with van der Waals surface area (Å²) in [5.74, 6) is 0.854. The molecule has 0 spiro atoms. The van der Waals surface area contributed by atoms with Crippen LogP contribution in [0.3, 0.4) is 0 Å². The molecule has 0 amide bonds. The molecule has 0 unspecified atom stereocenters. The number of nitrogens with zero attached hydrogens (tertiary/aromatic N) is 2. The van der Waals surface area contributed by atoms with Gasteiger partial charge in [0.05, 0.1) is 12.6 Å². The molecule has 3 rings (SSSR count). The maximum Gasteiger partial charge on any atom is 0.178 e. The normalized spacial score (nSPS) is 16.1. The van der Waals surface area contributed by atoms with Crippen LogP contribution in [0.4, 0.5) is 0 Å². The van der Waals surface area contributed by atoms with Gasteiger partial charge in [0.25, 0.3) is 0 Å². The number of H-pyrrole nitrogens is 1. The van der Waals surface area contributed by atoms with Crippen LogP contribution in [0.2, 0.25) is 0 Å². The lowest BCUT2D eigenvalue weighted by Gasteiger charge is -2.14. The first-order chi connectivity index (χ1) is 9.79. The van der Waals surface area contributed by atoms with Gasteiger partial charge in [0, 0.05) is 6.54 Å². The Kier molecular flexibility index (Phi) is 4.08. The van der Waals surface area contributed by atoms with Gasteiger partial charge >= 0.3 is 0 Å². The fraction of sp³-hybridized carbons (Fsp3) is 0.533. The monoisotopic (exact) mass is 291 g/mol. The van der Waals surface area contributed by atoms with Gasteiger partial charge in [-0.3, -0.25) is 0 Å². The first-order valence-electron chi connectivity index (χ1n) is 7.27. The summed E-state index contributed by atoms with van der Waals surface area (Å²) in [6.45, 7) is 4.64. The number of ether oxygens (including phenoxy) is 1. The Hall–Kier alpha value is -1.33. The van der Waals surface area contributed by atoms with E-state index in [1.165, 1.54) is 32.5 Å². The number of para-hydroxylation sites is 1. The molecule has 1 aliphatic heterocycles. The third-order valence-electron chi connectivity index (χ3n) is 4.05. The fourth-order valence-corrected chi connectivity index (χ4v) is 3.30. The second-order valence-electron chi connectivity index (χ2n) is 5.34. The Labute approximate surface area is 124 Å². The number of fused-ring (bicyclic) bond motifs is 1. The predicted octanol–water partition coefficient (Wildman–Crippen LogP) is 3.19. The number of benzene rings is 1. The Morgan fingerprint density at radius 3 is 2.80 bits per heavy atom. The molecule has 1 aromatic heterocycles. The molecule has 0 radical (unpaired) electrons. The first-order valence-corrected chi connectivity index (χ1v) is 7.68. The topological polar surface area (TPSA) is 33.2 Å². The zero-order chi connectivity index (χ0) is 13.9. The van der Waals surface area contributed by atoms with Crippen molar-refractivity contribution in [2.75, 3.05) is 26.7 Å². The lowest BCUT2D eigenvalue weighted by Crippen LogP contribution is -2.21. The number of nitrogens with one attached hydrogen (secondary N) is 1. The molecule has 1 fully saturated rings. The van der Waals surface area contributed by atoms with Crippen molar-refractivity contribution in [1.29, 1.82) is 0 Å². The molecule has 5 heteroatoms. The Morgan fingerprint density at radius 1 is 1.25 bits per heavy atom. The molecule has 0 saturated carbocycles. The number of aryl methyl sites for hydroxylation is 1. The molecule has 0 aliphatic carbocycles. The number of hydrogen-bond donors (Lipinski definition) is 1. The van der Waals surface area contributed by atoms with Crippen molar-refractivity contribution in [3.05, 3.63) is 23.0 Å². The van der Waals surface area contributed by atoms with Gasteiger partial charge < -0.3 is 19.2 Å². The highest BCUT2D eigenvalue weighted by Gasteiger charge is 2.12. The van der Waals surface area contributed by atoms with E-state index in [0.29, 0.717) is 0 Å². The molecule has 2 heterocycles. The summed E-state index contributed by atoms with van der Waals surface area (Å²) in [5, 5.41) is 0. The lowest BCUT2D eigenvalue weighted by atomic mass is 10.3. The maximum atomic E-state index is 5.45. The summed E-state index contributed by atoms with van der Waals surface area (Å²) in [5.41, 5.74) is 2.14. The van der Waals surface area contributed by atoms with Gasteiger partial charge in [-0.25, -0.2) is 0 Å². The minimum Gasteiger partial charge on any atom is -0.494 e. The molecule has 1 aliphatic rings. The first kappa shape index (κ1) is 13.6. The number of hydrogen-bond acceptors (Lipinski definition) is 3. The molecule has 1 saturated heterocycles. The summed E-state index contributed by atoms with van der Waals surface area (Å²) in [6.07, 6.45) is 3.84. The smallest absolute Gasteiger partial charge is 0.178 e. The van der Waals surface area contributed by atoms with Gasteiger partial charge in [-0.15, -0.1) is 0 Å². The van der Waals surface area contributed by atoms with E-state index in [1.54, 1.807) is 7.11 Å². The zero-order valence-electron chi connectivity index (χ0n) is 11.9. The molecule has 4 nitrogen and oxygen atoms in total. The van der Waals surface area contributed by atoms with Crippen LogP contribution < -0.4 is 4.74 Å². The third-order valence-corrected chi connectivity index (χ3v) is 4.37. The SMILES string of the molecule is COc1cccc2c1[nH]c(=S)n2CCCN1CCCC1. The number of aromatic amines is 1. The van der Waals surface area contributed by atoms with E-state index in [-0.39, 0.29) is 0 Å². The van der Waals surface area contributed by atoms with Crippen LogP contribution in [0.15, 0.2) is 18.2 Å². The standard InChI is InChI=1S/C15H21N3OS/c1-19-13-7-4-6-12-14(13)16-15(20)18(12)11-5-10-17-8-2-3-9-17/h4,6-7H,2-3,5,8-11H2,1H3,(H,16,20). The maximum absolute atomic E-state index is 5.45. The molecular weight excluding hydrogens is 270 g/mol. The third kappa shape index (κ3) is 2.60. The van der Waals surface area contributed by atoms with Crippen molar-refractivity contribution < 1.29 is 4.74 Å². The van der Waals surface area contributed by atoms with Gasteiger partial charge in [0.15, 0.2) is 4.77 Å². The van der Waals surface area contributed by atoms with E-state index in [1.807, 2.05) is 12.1 Å². The highest BCUT2D eigenvalue weighted by Crippen LogP contribution is 2.24. The number of likely N-dealkylation sites (tertiary alicyclic amines) is 1. The Balaban J connectivity index is 1.77. The van der Waals surface area contributed by atoms with Crippen LogP contribution in [0.1, 0.15) is 19.3 Å². The number of imidazole rings is 1. The van der Waals surface area contributed by atoms with Crippen LogP contribution in [0.25, 0.3) is 11.0 Å². The van der Waals surface area contributed by atoms with Crippen molar-refractivity contribution >= 4 is 23.3 Å². The summed E-state index contributed by atoms with van der Waals surface area (Å²) in [4.78, 5) is 5.80. The fourth-order valence-electron chi connectivity index (χ4n) is 3.00. The van der Waals surface area contributed by atoms with Gasteiger partial charge in [-0.05, 0) is 63.2 Å². The van der Waals surface area contributed by atoms with E-state index < -0.39 is 0 Å². The van der Waals surface area contributed by atoms with Crippen LogP contribution in [0.5, 0.6) is 5.75 Å². The van der Waals surface area contributed by atoms with Gasteiger partial charge in [0.1, 0.15) is 11.3 Å². The molecule has 1 aromatic carbocycles. The van der Waals surface area contributed by atoms with E-state index in [9.17, 15) is 0 Å². The number of rotatable bonds is 5. The molecule has 0 bridgehead atoms. The quantitative estimate of drug-likeness (QED) is 0.859. The highest BCUT2D eigenvalue weighted by molar-refractivity contribution is 7.71. The van der Waals surface area contributed by atoms with Crippen LogP contribution in [-0.4, -0.2) is 41.2 Å². The van der Waals surface area contributed by atoms with Crippen molar-refractivity contribution in [3.8, 4) is 5.75 Å². The summed E-state index contributed by atoms with van der Waals surface area (Å²) in [7, 11) is 1.69. The molecule has 108 valence electrons. The van der Waals surface area contributed by atoms with E-state index in [2.05, 4.69) is 20.5 Å². The van der Waals surface area contributed by atoms with Crippen LogP contribution in [-0.2, 0) is 6.54 Å². The zero-order valence-corrected chi connectivity index (χ0v) is 12.7. The molecule has 2 aromatic rings. The largest absolute Gasteiger partial charge is 0.494 e. The molecule has 20 heavy (non-hydrogen) atoms. The molecule has 0 atom stereocenters. The van der Waals surface area contributed by atoms with Gasteiger partial charge in [-0.2, -0.15) is 0 Å². The van der Waals surface area contributed by atoms with Crippen LogP contribution in [0, 0.1) is 4.77 Å². The Bertz CT molecular complexity index is 640. The average molecular weight is 291 g/mol. The summed E-state index contributed by atoms with van der Waals surface area (Å²) < 4.78 is 8.35. The van der Waals surface area contributed by atoms with Gasteiger partial charge in [0.2, 0.25) is 0 Å². The highest BCUT2D eigenvalue weighted by atomic mass is 32.1. The van der Waals surface area contributed by atoms with E-state index in [0.717, 1.165) is 34.5 Å². The second kappa shape index (κ2) is 5.97. The minimum atomic E-state index is 0.783. The van der Waals surface area contributed by atoms with E-state index >= 15 is 0 Å². The lowest BCUT2D eigenvalue weighted by molar-refractivity contribution is 0.326. The molecular formula is C15H21N3OS. The minimum absolute atomic E-state index is 0.783. The Morgan fingerprint density at radius 2 is 2.05 bits per heavy atom. The predicted molar refractivity (Wildman–Crippen MR) is 84.0 cm³/mol. The molecule has 1 N–H and O–H groups in total. The van der Waals surface area contributed by atoms with Crippen molar-refractivity contribution in [2.24, 2.45) is 0 Å². The summed E-state index contributed by atoms with van der Waals surface area (Å²) >= 11 is 5.45. The van der Waals surface area contributed by atoms with Crippen LogP contribution >= 0.6 is 12.2 Å². The van der Waals surface area contributed by atoms with Crippen molar-refractivity contribution in [1.82, 2.24) is 14.5 Å². The van der Waals surface area contributed by atoms with Gasteiger partial charge in [-0.1, -0.05) is 6.07 Å². The number of aromatic nitrogens is 2. The second-order valence-corrected chi connectivity index (χ2v) is 5.73. The van der Waals surface area contributed by atoms with Crippen molar-refractivity contribution in [2.45, 2.75) is 25.8 Å².